The van der Waals surface area contributed by atoms with Crippen LogP contribution in [0.15, 0.2) is 53.5 Å². The fraction of sp³-hybridized carbons (Fsp3) is 0.714. The van der Waals surface area contributed by atoms with Gasteiger partial charge < -0.3 is 0 Å². The smallest absolute Gasteiger partial charge is 0.0425 e. The Hall–Kier alpha value is -0.0957. The topological polar surface area (TPSA) is 12.4 Å². The first-order valence-electron chi connectivity index (χ1n) is 11.8. The summed E-state index contributed by atoms with van der Waals surface area (Å²) < 4.78 is 5.47. The molecule has 0 aromatic rings. The fourth-order valence-corrected chi connectivity index (χ4v) is 10.8. The van der Waals surface area contributed by atoms with Crippen molar-refractivity contribution in [3.63, 3.8) is 0 Å². The minimum Gasteiger partial charge on any atom is -0.272 e. The Morgan fingerprint density at radius 3 is 1.74 bits per heavy atom. The molecule has 178 valence electrons. The van der Waals surface area contributed by atoms with Gasteiger partial charge in [-0.3, -0.25) is 4.74 Å². The second-order valence-corrected chi connectivity index (χ2v) is 15.8. The molecule has 0 heterocycles. The normalized spacial score (nSPS) is 14.6. The molecule has 31 heavy (non-hydrogen) atoms. The summed E-state index contributed by atoms with van der Waals surface area (Å²) in [5.41, 5.74) is 2.31. The quantitative estimate of drug-likeness (QED) is 0.142. The largest absolute Gasteiger partial charge is 0.272 e. The van der Waals surface area contributed by atoms with Gasteiger partial charge in [0.25, 0.3) is 0 Å². The number of allylic oxidation sites excluding steroid dienone is 6. The van der Waals surface area contributed by atoms with Crippen LogP contribution < -0.4 is 0 Å². The van der Waals surface area contributed by atoms with Gasteiger partial charge in [-0.05, 0) is 54.3 Å². The van der Waals surface area contributed by atoms with Crippen molar-refractivity contribution in [1.29, 1.82) is 0 Å². The van der Waals surface area contributed by atoms with Crippen molar-refractivity contribution in [1.82, 2.24) is 0 Å². The first-order chi connectivity index (χ1) is 13.6. The van der Waals surface area contributed by atoms with Crippen molar-refractivity contribution in [2.24, 2.45) is 21.0 Å². The SMILES string of the molecule is C=CC=CCCCC.CC(C)(C)CP(CC(C)(C)C)(CC(C)(C)C)=NC1=CC=CC1.[Ti]. The Morgan fingerprint density at radius 1 is 0.935 bits per heavy atom. The van der Waals surface area contributed by atoms with Crippen LogP contribution in [-0.2, 0) is 21.7 Å². The summed E-state index contributed by atoms with van der Waals surface area (Å²) in [6.07, 6.45) is 21.2. The molecule has 0 saturated heterocycles. The third-order valence-corrected chi connectivity index (χ3v) is 9.69. The molecule has 0 amide bonds. The van der Waals surface area contributed by atoms with E-state index in [1.165, 1.54) is 43.4 Å². The van der Waals surface area contributed by atoms with Crippen LogP contribution in [0.2, 0.25) is 0 Å². The molecular weight excluding hydrogens is 429 g/mol. The van der Waals surface area contributed by atoms with E-state index in [4.69, 9.17) is 4.74 Å². The van der Waals surface area contributed by atoms with Crippen molar-refractivity contribution < 1.29 is 21.7 Å². The zero-order valence-electron chi connectivity index (χ0n) is 22.5. The van der Waals surface area contributed by atoms with Crippen LogP contribution in [0, 0.1) is 16.2 Å². The summed E-state index contributed by atoms with van der Waals surface area (Å²) in [4.78, 5) is 0. The number of hydrogen-bond acceptors (Lipinski definition) is 1. The molecular formula is C28H52NPTi. The molecule has 0 aliphatic heterocycles. The number of hydrogen-bond donors (Lipinski definition) is 0. The Balaban J connectivity index is 0. The Bertz CT molecular complexity index is 598. The van der Waals surface area contributed by atoms with E-state index in [0.29, 0.717) is 16.2 Å². The molecule has 0 N–H and O–H groups in total. The van der Waals surface area contributed by atoms with Gasteiger partial charge in [0.1, 0.15) is 0 Å². The van der Waals surface area contributed by atoms with Gasteiger partial charge in [-0.15, -0.1) is 0 Å². The second kappa shape index (κ2) is 14.9. The average Bonchev–Trinajstić information content (AvgIpc) is 2.99. The molecule has 1 aliphatic rings. The molecule has 3 heteroatoms. The average molecular weight is 482 g/mol. The Kier molecular flexibility index (Phi) is 15.9. The van der Waals surface area contributed by atoms with E-state index in [-0.39, 0.29) is 21.7 Å². The summed E-state index contributed by atoms with van der Waals surface area (Å²) in [6.45, 7) is 27.2. The molecule has 0 unspecified atom stereocenters. The molecule has 0 aromatic heterocycles. The molecule has 0 spiro atoms. The minimum atomic E-state index is -1.39. The number of unbranched alkanes of at least 4 members (excludes halogenated alkanes) is 2. The van der Waals surface area contributed by atoms with Gasteiger partial charge in [0.15, 0.2) is 0 Å². The predicted molar refractivity (Wildman–Crippen MR) is 143 cm³/mol. The van der Waals surface area contributed by atoms with Crippen molar-refractivity contribution in [3.8, 4) is 0 Å². The van der Waals surface area contributed by atoms with Crippen LogP contribution in [0.5, 0.6) is 0 Å². The van der Waals surface area contributed by atoms with E-state index in [1.54, 1.807) is 0 Å². The maximum absolute atomic E-state index is 5.47. The van der Waals surface area contributed by atoms with E-state index < -0.39 is 7.05 Å². The molecule has 0 saturated carbocycles. The predicted octanol–water partition coefficient (Wildman–Crippen LogP) is 10.1. The van der Waals surface area contributed by atoms with Gasteiger partial charge in [0.05, 0.1) is 0 Å². The van der Waals surface area contributed by atoms with E-state index in [0.717, 1.165) is 6.42 Å². The van der Waals surface area contributed by atoms with Gasteiger partial charge in [-0.2, -0.15) is 0 Å². The van der Waals surface area contributed by atoms with Gasteiger partial charge in [0.2, 0.25) is 0 Å². The van der Waals surface area contributed by atoms with E-state index >= 15 is 0 Å². The van der Waals surface area contributed by atoms with E-state index in [1.807, 2.05) is 12.2 Å². The Labute approximate surface area is 211 Å². The minimum absolute atomic E-state index is 0. The molecule has 0 atom stereocenters. The molecule has 0 fully saturated rings. The van der Waals surface area contributed by atoms with Gasteiger partial charge in [-0.25, -0.2) is 0 Å². The fourth-order valence-electron chi connectivity index (χ4n) is 4.22. The van der Waals surface area contributed by atoms with Crippen molar-refractivity contribution in [2.45, 2.75) is 94.9 Å². The zero-order chi connectivity index (χ0) is 23.5. The number of rotatable bonds is 8. The summed E-state index contributed by atoms with van der Waals surface area (Å²) in [7, 11) is -1.39. The third kappa shape index (κ3) is 19.1. The van der Waals surface area contributed by atoms with Crippen LogP contribution in [-0.4, -0.2) is 18.5 Å². The third-order valence-electron chi connectivity index (χ3n) is 4.39. The van der Waals surface area contributed by atoms with Crippen LogP contribution in [0.3, 0.4) is 0 Å². The zero-order valence-corrected chi connectivity index (χ0v) is 25.0. The van der Waals surface area contributed by atoms with Crippen LogP contribution in [0.1, 0.15) is 94.9 Å². The number of nitrogens with zero attached hydrogens (tertiary/aromatic N) is 1. The van der Waals surface area contributed by atoms with E-state index in [9.17, 15) is 0 Å². The van der Waals surface area contributed by atoms with Crippen molar-refractivity contribution in [3.05, 3.63) is 48.7 Å². The Morgan fingerprint density at radius 2 is 1.42 bits per heavy atom. The van der Waals surface area contributed by atoms with Gasteiger partial charge >= 0.3 is 0 Å². The molecule has 1 rings (SSSR count). The summed E-state index contributed by atoms with van der Waals surface area (Å²) >= 11 is 0. The standard InChI is InChI=1S/C20H38NP.C8H14.Ti/c1-18(2,3)14-22(15-19(4,5)6,16-20(7,8)9)21-17-12-10-11-13-17;1-3-5-7-8-6-4-2;/h10-12H,13-16H2,1-9H3;3,5,7H,1,4,6,8H2,2H3;. The molecule has 0 bridgehead atoms. The summed E-state index contributed by atoms with van der Waals surface area (Å²) in [5.74, 6) is 0. The molecule has 1 aliphatic carbocycles. The monoisotopic (exact) mass is 481 g/mol. The van der Waals surface area contributed by atoms with Crippen molar-refractivity contribution >= 4 is 7.05 Å². The van der Waals surface area contributed by atoms with Crippen LogP contribution in [0.25, 0.3) is 0 Å². The maximum atomic E-state index is 5.47. The molecule has 1 nitrogen and oxygen atoms in total. The first kappa shape index (κ1) is 33.1. The van der Waals surface area contributed by atoms with Crippen LogP contribution in [0.4, 0.5) is 0 Å². The first-order valence-corrected chi connectivity index (χ1v) is 14.1. The maximum Gasteiger partial charge on any atom is 0.0425 e. The van der Waals surface area contributed by atoms with Gasteiger partial charge in [0, 0.05) is 33.8 Å². The molecule has 0 aromatic carbocycles. The summed E-state index contributed by atoms with van der Waals surface area (Å²) in [6, 6.07) is 0. The van der Waals surface area contributed by atoms with Crippen LogP contribution >= 0.6 is 7.05 Å². The second-order valence-electron chi connectivity index (χ2n) is 12.4. The van der Waals surface area contributed by atoms with E-state index in [2.05, 4.69) is 100 Å². The van der Waals surface area contributed by atoms with Crippen molar-refractivity contribution in [2.75, 3.05) is 18.5 Å². The summed E-state index contributed by atoms with van der Waals surface area (Å²) in [5, 5.41) is 0. The van der Waals surface area contributed by atoms with Gasteiger partial charge in [-0.1, -0.05) is 119 Å². The molecule has 0 radical (unpaired) electrons.